The third-order valence-corrected chi connectivity index (χ3v) is 7.73. The van der Waals surface area contributed by atoms with Crippen molar-refractivity contribution in [3.8, 4) is 0 Å². The molecule has 0 aliphatic heterocycles. The number of fused-ring (bicyclic) bond motifs is 2. The Bertz CT molecular complexity index is 1130. The summed E-state index contributed by atoms with van der Waals surface area (Å²) in [4.78, 5) is 88.6. The fraction of sp³-hybridized carbons (Fsp3) is 0.444. The number of nitrogens with zero attached hydrogens (tertiary/aromatic N) is 2. The molecule has 3 rings (SSSR count). The Balaban J connectivity index is 2.02. The molecule has 30 heavy (non-hydrogen) atoms. The Morgan fingerprint density at radius 2 is 0.900 bits per heavy atom. The minimum absolute atomic E-state index is 0.0136. The third kappa shape index (κ3) is 4.43. The summed E-state index contributed by atoms with van der Waals surface area (Å²) in [6.45, 7) is 2.71. The molecular formula is C18H24N2O8Si2. The van der Waals surface area contributed by atoms with Crippen molar-refractivity contribution in [2.24, 2.45) is 0 Å². The molecular weight excluding hydrogens is 428 g/mol. The summed E-state index contributed by atoms with van der Waals surface area (Å²) in [7, 11) is -6.58. The maximum absolute atomic E-state index is 12.6. The fourth-order valence-electron chi connectivity index (χ4n) is 3.62. The molecule has 12 heteroatoms. The molecule has 0 atom stereocenters. The minimum Gasteiger partial charge on any atom is -0.411 e. The molecule has 2 aromatic heterocycles. The average Bonchev–Trinajstić information content (AvgIpc) is 2.99. The maximum atomic E-state index is 12.6. The van der Waals surface area contributed by atoms with Crippen LogP contribution in [0.1, 0.15) is 12.8 Å². The molecule has 0 bridgehead atoms. The number of rotatable bonds is 8. The van der Waals surface area contributed by atoms with E-state index in [9.17, 15) is 38.4 Å². The fourth-order valence-corrected chi connectivity index (χ4v) is 5.28. The smallest absolute Gasteiger partial charge is 0.329 e. The third-order valence-electron chi connectivity index (χ3n) is 5.12. The van der Waals surface area contributed by atoms with Gasteiger partial charge in [-0.2, -0.15) is 0 Å². The van der Waals surface area contributed by atoms with Crippen LogP contribution in [0.3, 0.4) is 0 Å². The van der Waals surface area contributed by atoms with Gasteiger partial charge in [0.1, 0.15) is 0 Å². The molecule has 0 fully saturated rings. The van der Waals surface area contributed by atoms with Gasteiger partial charge in [0, 0.05) is 13.1 Å². The molecule has 0 amide bonds. The van der Waals surface area contributed by atoms with Crippen LogP contribution in [0.15, 0.2) is 31.3 Å². The average molecular weight is 453 g/mol. The molecule has 0 radical (unpaired) electrons. The number of aromatic nitrogens is 2. The van der Waals surface area contributed by atoms with Gasteiger partial charge in [0.05, 0.1) is 21.5 Å². The molecule has 4 N–H and O–H groups in total. The van der Waals surface area contributed by atoms with Crippen LogP contribution in [0.4, 0.5) is 0 Å². The first-order chi connectivity index (χ1) is 13.8. The molecule has 0 aliphatic rings. The van der Waals surface area contributed by atoms with E-state index < -0.39 is 39.4 Å². The van der Waals surface area contributed by atoms with Crippen LogP contribution in [0.5, 0.6) is 0 Å². The van der Waals surface area contributed by atoms with E-state index in [1.807, 2.05) is 0 Å². The summed E-state index contributed by atoms with van der Waals surface area (Å²) in [5.41, 5.74) is -2.34. The highest BCUT2D eigenvalue weighted by molar-refractivity contribution is 6.63. The molecule has 1 aromatic carbocycles. The van der Waals surface area contributed by atoms with Crippen LogP contribution in [0, 0.1) is 0 Å². The Hall–Kier alpha value is -2.23. The Morgan fingerprint density at radius 3 is 1.13 bits per heavy atom. The standard InChI is InChI=1S/C18H24N2O8Si2/c1-29(25,26)7-3-5-19-15(21)11-9-13-14(10-12(11)16(19)22)18(24)20(17(13)23)6-4-8-30(2,27)28/h9-10,25-28H,3-8H2,1-2H3. The first kappa shape index (κ1) is 22.5. The second-order valence-corrected chi connectivity index (χ2v) is 14.0. The van der Waals surface area contributed by atoms with Gasteiger partial charge in [-0.1, -0.05) is 0 Å². The van der Waals surface area contributed by atoms with Gasteiger partial charge < -0.3 is 19.2 Å². The first-order valence-electron chi connectivity index (χ1n) is 9.60. The second-order valence-electron chi connectivity index (χ2n) is 8.11. The van der Waals surface area contributed by atoms with Gasteiger partial charge in [-0.05, 0) is 50.2 Å². The van der Waals surface area contributed by atoms with E-state index in [1.54, 1.807) is 0 Å². The lowest BCUT2D eigenvalue weighted by molar-refractivity contribution is 0.363. The molecule has 2 heterocycles. The van der Waals surface area contributed by atoms with Gasteiger partial charge in [-0.15, -0.1) is 0 Å². The van der Waals surface area contributed by atoms with Gasteiger partial charge in [-0.3, -0.25) is 28.3 Å². The van der Waals surface area contributed by atoms with Crippen LogP contribution in [0.2, 0.25) is 25.2 Å². The van der Waals surface area contributed by atoms with Crippen LogP contribution in [-0.4, -0.2) is 45.4 Å². The van der Waals surface area contributed by atoms with Crippen LogP contribution < -0.4 is 22.2 Å². The minimum atomic E-state index is -3.29. The predicted molar refractivity (Wildman–Crippen MR) is 116 cm³/mol. The topological polar surface area (TPSA) is 159 Å². The zero-order valence-corrected chi connectivity index (χ0v) is 18.7. The van der Waals surface area contributed by atoms with Gasteiger partial charge in [0.2, 0.25) is 0 Å². The van der Waals surface area contributed by atoms with Gasteiger partial charge in [-0.25, -0.2) is 0 Å². The largest absolute Gasteiger partial charge is 0.411 e. The van der Waals surface area contributed by atoms with Crippen molar-refractivity contribution in [3.63, 3.8) is 0 Å². The van der Waals surface area contributed by atoms with E-state index in [2.05, 4.69) is 0 Å². The molecule has 10 nitrogen and oxygen atoms in total. The zero-order chi connectivity index (χ0) is 22.4. The summed E-state index contributed by atoms with van der Waals surface area (Å²) in [5.74, 6) is 0. The molecule has 0 unspecified atom stereocenters. The molecule has 162 valence electrons. The van der Waals surface area contributed by atoms with Crippen LogP contribution >= 0.6 is 0 Å². The lowest BCUT2D eigenvalue weighted by Crippen LogP contribution is -2.32. The summed E-state index contributed by atoms with van der Waals surface area (Å²) in [6, 6.07) is 2.73. The highest BCUT2D eigenvalue weighted by Gasteiger charge is 2.24. The first-order valence-corrected chi connectivity index (χ1v) is 14.8. The number of hydrogen-bond acceptors (Lipinski definition) is 8. The van der Waals surface area contributed by atoms with E-state index in [1.165, 1.54) is 25.2 Å². The van der Waals surface area contributed by atoms with Crippen molar-refractivity contribution in [3.05, 3.63) is 53.5 Å². The van der Waals surface area contributed by atoms with E-state index in [4.69, 9.17) is 0 Å². The van der Waals surface area contributed by atoms with E-state index in [0.29, 0.717) is 0 Å². The SMILES string of the molecule is C[Si](O)(O)CCCn1c(=O)c2cc3c(=O)n(CCC[Si](C)(O)O)c(=O)c3cc2c1=O. The van der Waals surface area contributed by atoms with E-state index in [-0.39, 0.29) is 59.6 Å². The highest BCUT2D eigenvalue weighted by Crippen LogP contribution is 2.15. The second kappa shape index (κ2) is 7.79. The Labute approximate surface area is 172 Å². The summed E-state index contributed by atoms with van der Waals surface area (Å²) >= 11 is 0. The van der Waals surface area contributed by atoms with Gasteiger partial charge in [0.15, 0.2) is 0 Å². The van der Waals surface area contributed by atoms with E-state index in [0.717, 1.165) is 9.13 Å². The van der Waals surface area contributed by atoms with Crippen molar-refractivity contribution in [2.75, 3.05) is 0 Å². The predicted octanol–water partition coefficient (Wildman–Crippen LogP) is -1.19. The monoisotopic (exact) mass is 452 g/mol. The molecule has 0 saturated carbocycles. The normalized spacial score (nSPS) is 13.0. The van der Waals surface area contributed by atoms with Gasteiger partial charge in [0.25, 0.3) is 22.2 Å². The molecule has 0 saturated heterocycles. The Morgan fingerprint density at radius 1 is 0.633 bits per heavy atom. The quantitative estimate of drug-likeness (QED) is 0.310. The summed E-state index contributed by atoms with van der Waals surface area (Å²) in [6.07, 6.45) is 0.481. The number of hydrogen-bond donors (Lipinski definition) is 4. The van der Waals surface area contributed by atoms with E-state index >= 15 is 0 Å². The Kier molecular flexibility index (Phi) is 5.83. The van der Waals surface area contributed by atoms with Crippen molar-refractivity contribution < 1.29 is 19.2 Å². The summed E-state index contributed by atoms with van der Waals surface area (Å²) < 4.78 is 1.97. The van der Waals surface area contributed by atoms with Crippen LogP contribution in [0.25, 0.3) is 21.5 Å². The van der Waals surface area contributed by atoms with Crippen molar-refractivity contribution in [2.45, 2.75) is 51.1 Å². The lowest BCUT2D eigenvalue weighted by atomic mass is 10.1. The summed E-state index contributed by atoms with van der Waals surface area (Å²) in [5, 5.41) is 0.168. The molecule has 0 spiro atoms. The lowest BCUT2D eigenvalue weighted by Gasteiger charge is -2.10. The highest BCUT2D eigenvalue weighted by atomic mass is 28.4. The van der Waals surface area contributed by atoms with Crippen molar-refractivity contribution in [1.29, 1.82) is 0 Å². The zero-order valence-electron chi connectivity index (χ0n) is 16.7. The molecule has 3 aromatic rings. The molecule has 0 aliphatic carbocycles. The maximum Gasteiger partial charge on any atom is 0.329 e. The number of benzene rings is 1. The van der Waals surface area contributed by atoms with Gasteiger partial charge >= 0.3 is 17.1 Å². The van der Waals surface area contributed by atoms with Crippen molar-refractivity contribution in [1.82, 2.24) is 9.13 Å². The van der Waals surface area contributed by atoms with Crippen molar-refractivity contribution >= 4 is 38.7 Å². The van der Waals surface area contributed by atoms with Crippen LogP contribution in [-0.2, 0) is 13.1 Å².